The lowest BCUT2D eigenvalue weighted by Crippen LogP contribution is -2.57. The number of alkyl carbamates (subject to hydrolysis) is 1. The van der Waals surface area contributed by atoms with Crippen molar-refractivity contribution in [2.75, 3.05) is 6.54 Å². The molecule has 260 valence electrons. The Bertz CT molecular complexity index is 1680. The summed E-state index contributed by atoms with van der Waals surface area (Å²) in [5.41, 5.74) is 14.1. The molecule has 0 unspecified atom stereocenters. The van der Waals surface area contributed by atoms with E-state index in [9.17, 15) is 19.2 Å². The molecule has 0 saturated heterocycles. The third kappa shape index (κ3) is 12.9. The van der Waals surface area contributed by atoms with Crippen molar-refractivity contribution in [2.24, 2.45) is 16.5 Å². The highest BCUT2D eigenvalue weighted by molar-refractivity contribution is 5.95. The molecule has 0 spiro atoms. The van der Waals surface area contributed by atoms with Gasteiger partial charge in [0.15, 0.2) is 11.7 Å². The van der Waals surface area contributed by atoms with E-state index in [-0.39, 0.29) is 50.6 Å². The van der Waals surface area contributed by atoms with Gasteiger partial charge in [-0.05, 0) is 35.1 Å². The summed E-state index contributed by atoms with van der Waals surface area (Å²) in [5, 5.41) is 8.43. The Morgan fingerprint density at radius 1 is 0.580 bits per heavy atom. The van der Waals surface area contributed by atoms with Crippen LogP contribution in [0.2, 0.25) is 0 Å². The normalized spacial score (nSPS) is 12.4. The van der Waals surface area contributed by atoms with Crippen LogP contribution in [0, 0.1) is 0 Å². The summed E-state index contributed by atoms with van der Waals surface area (Å²) >= 11 is 0. The van der Waals surface area contributed by atoms with Crippen LogP contribution in [-0.2, 0) is 45.0 Å². The van der Waals surface area contributed by atoms with E-state index in [1.54, 1.807) is 0 Å². The fourth-order valence-corrected chi connectivity index (χ4v) is 5.31. The number of ether oxygens (including phenoxy) is 1. The van der Waals surface area contributed by atoms with E-state index in [4.69, 9.17) is 16.2 Å². The number of nitrogens with one attached hydrogen (secondary N) is 3. The Kier molecular flexibility index (Phi) is 14.6. The summed E-state index contributed by atoms with van der Waals surface area (Å²) in [6.07, 6.45) is 0.344. The minimum absolute atomic E-state index is 0.0208. The Morgan fingerprint density at radius 2 is 1.02 bits per heavy atom. The molecule has 7 N–H and O–H groups in total. The Balaban J connectivity index is 1.53. The first-order valence-electron chi connectivity index (χ1n) is 16.5. The van der Waals surface area contributed by atoms with E-state index in [1.807, 2.05) is 121 Å². The highest BCUT2D eigenvalue weighted by atomic mass is 16.5. The van der Waals surface area contributed by atoms with Gasteiger partial charge < -0.3 is 32.2 Å². The molecule has 0 fully saturated rings. The summed E-state index contributed by atoms with van der Waals surface area (Å²) in [6.45, 7) is 0.303. The largest absolute Gasteiger partial charge is 0.445 e. The molecular weight excluding hydrogens is 632 g/mol. The van der Waals surface area contributed by atoms with Gasteiger partial charge in [0.25, 0.3) is 0 Å². The minimum Gasteiger partial charge on any atom is -0.445 e. The highest BCUT2D eigenvalue weighted by Crippen LogP contribution is 2.11. The average molecular weight is 677 g/mol. The molecule has 3 amide bonds. The van der Waals surface area contributed by atoms with Crippen LogP contribution in [0.15, 0.2) is 126 Å². The number of ketones is 1. The summed E-state index contributed by atoms with van der Waals surface area (Å²) in [6, 6.07) is 33.9. The van der Waals surface area contributed by atoms with Gasteiger partial charge in [-0.25, -0.2) is 4.79 Å². The second kappa shape index (κ2) is 19.8. The van der Waals surface area contributed by atoms with Crippen LogP contribution in [-0.4, -0.2) is 54.3 Å². The summed E-state index contributed by atoms with van der Waals surface area (Å²) in [7, 11) is 0. The number of amides is 3. The van der Waals surface area contributed by atoms with Crippen LogP contribution in [0.25, 0.3) is 0 Å². The second-order valence-corrected chi connectivity index (χ2v) is 11.8. The third-order valence-corrected chi connectivity index (χ3v) is 7.89. The molecule has 0 heterocycles. The number of nitrogens with two attached hydrogens (primary N) is 2. The number of guanidine groups is 1. The molecule has 4 rings (SSSR count). The van der Waals surface area contributed by atoms with Crippen molar-refractivity contribution in [3.63, 3.8) is 0 Å². The molecular formula is C39H44N6O5. The number of carbonyl (C=O) groups is 4. The van der Waals surface area contributed by atoms with Gasteiger partial charge in [-0.3, -0.25) is 19.4 Å². The van der Waals surface area contributed by atoms with Crippen LogP contribution in [0.3, 0.4) is 0 Å². The maximum absolute atomic E-state index is 14.0. The molecule has 3 atom stereocenters. The van der Waals surface area contributed by atoms with Gasteiger partial charge in [0.05, 0.1) is 6.04 Å². The van der Waals surface area contributed by atoms with Gasteiger partial charge >= 0.3 is 6.09 Å². The molecule has 0 saturated carbocycles. The van der Waals surface area contributed by atoms with Crippen molar-refractivity contribution in [1.82, 2.24) is 16.0 Å². The number of hydrogen-bond acceptors (Lipinski definition) is 6. The van der Waals surface area contributed by atoms with Gasteiger partial charge in [-0.1, -0.05) is 121 Å². The lowest BCUT2D eigenvalue weighted by molar-refractivity contribution is -0.132. The monoisotopic (exact) mass is 676 g/mol. The van der Waals surface area contributed by atoms with Crippen molar-refractivity contribution >= 4 is 29.7 Å². The fourth-order valence-electron chi connectivity index (χ4n) is 5.31. The van der Waals surface area contributed by atoms with Crippen LogP contribution < -0.4 is 27.4 Å². The topological polar surface area (TPSA) is 178 Å². The highest BCUT2D eigenvalue weighted by Gasteiger charge is 2.30. The summed E-state index contributed by atoms with van der Waals surface area (Å²) in [5.74, 6) is -1.37. The van der Waals surface area contributed by atoms with E-state index in [1.165, 1.54) is 0 Å². The lowest BCUT2D eigenvalue weighted by Gasteiger charge is -2.25. The Morgan fingerprint density at radius 3 is 1.52 bits per heavy atom. The van der Waals surface area contributed by atoms with Gasteiger partial charge in [0, 0.05) is 25.8 Å². The zero-order valence-corrected chi connectivity index (χ0v) is 27.9. The molecule has 0 aliphatic rings. The number of nitrogens with zero attached hydrogens (tertiary/aromatic N) is 1. The number of Topliss-reactive ketones (excluding diaryl/α,β-unsaturated/α-hetero) is 1. The number of carbonyl (C=O) groups excluding carboxylic acids is 4. The maximum Gasteiger partial charge on any atom is 0.408 e. The molecule has 50 heavy (non-hydrogen) atoms. The number of benzene rings is 4. The minimum atomic E-state index is -1.07. The fraction of sp³-hybridized carbons (Fsp3) is 0.256. The molecule has 0 bridgehead atoms. The summed E-state index contributed by atoms with van der Waals surface area (Å²) < 4.78 is 5.41. The first kappa shape index (κ1) is 36.9. The standard InChI is InChI=1S/C39H44N6O5/c40-38(41)42-23-13-22-32(35(46)26-30-18-9-3-10-19-30)43-36(47)33(24-28-14-5-1-6-15-28)44-37(48)34(25-29-16-7-2-8-17-29)45-39(49)50-27-31-20-11-4-12-21-31/h1-12,14-21,32-34H,13,22-27H2,(H,43,47)(H,44,48)(H,45,49)(H4,40,41,42)/t32-,33-,34+/m0/s1. The van der Waals surface area contributed by atoms with Crippen LogP contribution in [0.4, 0.5) is 4.79 Å². The van der Waals surface area contributed by atoms with Crippen LogP contribution in [0.5, 0.6) is 0 Å². The first-order valence-corrected chi connectivity index (χ1v) is 16.5. The lowest BCUT2D eigenvalue weighted by atomic mass is 9.98. The van der Waals surface area contributed by atoms with Crippen molar-refractivity contribution in [1.29, 1.82) is 0 Å². The molecule has 0 radical (unpaired) electrons. The van der Waals surface area contributed by atoms with Crippen molar-refractivity contribution in [3.8, 4) is 0 Å². The van der Waals surface area contributed by atoms with Gasteiger partial charge in [-0.2, -0.15) is 0 Å². The van der Waals surface area contributed by atoms with E-state index >= 15 is 0 Å². The van der Waals surface area contributed by atoms with Crippen LogP contribution in [0.1, 0.15) is 35.1 Å². The Hall–Kier alpha value is -5.97. The smallest absolute Gasteiger partial charge is 0.408 e. The van der Waals surface area contributed by atoms with Gasteiger partial charge in [0.1, 0.15) is 18.7 Å². The van der Waals surface area contributed by atoms with Gasteiger partial charge in [-0.15, -0.1) is 0 Å². The molecule has 0 aromatic heterocycles. The molecule has 4 aromatic rings. The molecule has 0 aliphatic heterocycles. The van der Waals surface area contributed by atoms with Crippen molar-refractivity contribution in [2.45, 2.75) is 56.8 Å². The van der Waals surface area contributed by atoms with E-state index in [0.717, 1.165) is 22.3 Å². The second-order valence-electron chi connectivity index (χ2n) is 11.8. The third-order valence-electron chi connectivity index (χ3n) is 7.89. The van der Waals surface area contributed by atoms with Gasteiger partial charge in [0.2, 0.25) is 11.8 Å². The Labute approximate surface area is 292 Å². The quantitative estimate of drug-likeness (QED) is 0.0607. The zero-order valence-electron chi connectivity index (χ0n) is 27.9. The maximum atomic E-state index is 14.0. The predicted octanol–water partition coefficient (Wildman–Crippen LogP) is 3.60. The average Bonchev–Trinajstić information content (AvgIpc) is 3.13. The number of aliphatic imine (C=N–C) groups is 1. The first-order chi connectivity index (χ1) is 24.3. The van der Waals surface area contributed by atoms with Crippen molar-refractivity contribution in [3.05, 3.63) is 144 Å². The van der Waals surface area contributed by atoms with Crippen molar-refractivity contribution < 1.29 is 23.9 Å². The van der Waals surface area contributed by atoms with E-state index in [2.05, 4.69) is 20.9 Å². The zero-order chi connectivity index (χ0) is 35.6. The SMILES string of the molecule is NC(N)=NCCC[C@H](NC(=O)[C@H](Cc1ccccc1)NC(=O)[C@@H](Cc1ccccc1)NC(=O)OCc1ccccc1)C(=O)Cc1ccccc1. The summed E-state index contributed by atoms with van der Waals surface area (Å²) in [4.78, 5) is 58.4. The van der Waals surface area contributed by atoms with E-state index < -0.39 is 36.0 Å². The predicted molar refractivity (Wildman–Crippen MR) is 193 cm³/mol. The molecule has 4 aromatic carbocycles. The number of rotatable bonds is 18. The van der Waals surface area contributed by atoms with E-state index in [0.29, 0.717) is 6.42 Å². The van der Waals surface area contributed by atoms with Crippen LogP contribution >= 0.6 is 0 Å². The number of hydrogen-bond donors (Lipinski definition) is 5. The molecule has 11 heteroatoms. The molecule has 0 aliphatic carbocycles. The molecule has 11 nitrogen and oxygen atoms in total.